The fourth-order valence-electron chi connectivity index (χ4n) is 3.22. The number of hydrogen-bond acceptors (Lipinski definition) is 2. The Morgan fingerprint density at radius 3 is 2.48 bits per heavy atom. The number of hydrogen-bond donors (Lipinski definition) is 3. The molecule has 0 aliphatic carbocycles. The van der Waals surface area contributed by atoms with Gasteiger partial charge in [-0.05, 0) is 35.7 Å². The van der Waals surface area contributed by atoms with Gasteiger partial charge in [0.15, 0.2) is 0 Å². The number of urea groups is 1. The normalized spacial score (nSPS) is 19.3. The van der Waals surface area contributed by atoms with E-state index in [2.05, 4.69) is 22.5 Å². The monoisotopic (exact) mass is 403 g/mol. The van der Waals surface area contributed by atoms with Gasteiger partial charge >= 0.3 is 12.2 Å². The van der Waals surface area contributed by atoms with Crippen LogP contribution in [0.5, 0.6) is 0 Å². The van der Waals surface area contributed by atoms with Gasteiger partial charge in [0, 0.05) is 11.4 Å². The summed E-state index contributed by atoms with van der Waals surface area (Å²) in [5.41, 5.74) is 1.11. The lowest BCUT2D eigenvalue weighted by molar-refractivity contribution is -0.137. The molecule has 29 heavy (non-hydrogen) atoms. The van der Waals surface area contributed by atoms with Crippen LogP contribution in [0.2, 0.25) is 0 Å². The molecule has 1 saturated heterocycles. The van der Waals surface area contributed by atoms with E-state index in [1.807, 2.05) is 31.2 Å². The number of amides is 3. The van der Waals surface area contributed by atoms with Crippen LogP contribution in [0.25, 0.3) is 0 Å². The molecule has 0 unspecified atom stereocenters. The van der Waals surface area contributed by atoms with E-state index in [1.54, 1.807) is 0 Å². The fourth-order valence-corrected chi connectivity index (χ4v) is 3.22. The Kier molecular flexibility index (Phi) is 5.63. The average Bonchev–Trinajstić information content (AvgIpc) is 2.67. The van der Waals surface area contributed by atoms with E-state index >= 15 is 0 Å². The smallest absolute Gasteiger partial charge is 0.330 e. The second-order valence-electron chi connectivity index (χ2n) is 6.74. The first kappa shape index (κ1) is 20.4. The lowest BCUT2D eigenvalue weighted by Crippen LogP contribution is -2.51. The van der Waals surface area contributed by atoms with Gasteiger partial charge in [-0.3, -0.25) is 4.79 Å². The summed E-state index contributed by atoms with van der Waals surface area (Å²) >= 11 is 0. The predicted molar refractivity (Wildman–Crippen MR) is 103 cm³/mol. The minimum Gasteiger partial charge on any atom is -0.330 e. The first-order valence-corrected chi connectivity index (χ1v) is 9.02. The summed E-state index contributed by atoms with van der Waals surface area (Å²) in [7, 11) is 0. The zero-order chi connectivity index (χ0) is 21.2. The number of halogens is 3. The zero-order valence-corrected chi connectivity index (χ0v) is 15.6. The highest BCUT2D eigenvalue weighted by molar-refractivity contribution is 5.97. The minimum atomic E-state index is -4.52. The summed E-state index contributed by atoms with van der Waals surface area (Å²) in [6, 6.07) is 10.6. The number of aryl methyl sites for hydroxylation is 1. The molecule has 0 radical (unpaired) electrons. The second kappa shape index (κ2) is 7.98. The summed E-state index contributed by atoms with van der Waals surface area (Å²) in [5, 5.41) is 7.67. The largest absolute Gasteiger partial charge is 0.416 e. The van der Waals surface area contributed by atoms with Crippen LogP contribution in [0.1, 0.15) is 29.7 Å². The Balaban J connectivity index is 1.87. The molecule has 0 saturated carbocycles. The first-order chi connectivity index (χ1) is 13.7. The van der Waals surface area contributed by atoms with Gasteiger partial charge in [0.2, 0.25) is 5.91 Å². The standard InChI is InChI=1S/C21H20F3N3O2/c1-3-13-7-9-14(10-8-13)18-17(12(2)25-20(29)27-18)19(28)26-16-6-4-5-15(11-16)21(22,23)24/h4-11,17-18H,2-3H2,1H3,(H,26,28)(H2,25,27,29)/t17-,18+/m0/s1. The van der Waals surface area contributed by atoms with Gasteiger partial charge in [0.05, 0.1) is 11.6 Å². The van der Waals surface area contributed by atoms with Crippen LogP contribution < -0.4 is 16.0 Å². The van der Waals surface area contributed by atoms with Crippen LogP contribution in [0.3, 0.4) is 0 Å². The van der Waals surface area contributed by atoms with E-state index in [-0.39, 0.29) is 11.4 Å². The number of alkyl halides is 3. The van der Waals surface area contributed by atoms with Crippen molar-refractivity contribution in [3.63, 3.8) is 0 Å². The predicted octanol–water partition coefficient (Wildman–Crippen LogP) is 4.39. The fraction of sp³-hybridized carbons (Fsp3) is 0.238. The van der Waals surface area contributed by atoms with Crippen molar-refractivity contribution < 1.29 is 22.8 Å². The third-order valence-electron chi connectivity index (χ3n) is 4.76. The van der Waals surface area contributed by atoms with E-state index < -0.39 is 35.6 Å². The summed E-state index contributed by atoms with van der Waals surface area (Å²) < 4.78 is 38.8. The third-order valence-corrected chi connectivity index (χ3v) is 4.76. The van der Waals surface area contributed by atoms with Crippen molar-refractivity contribution in [3.8, 4) is 0 Å². The molecule has 2 aromatic carbocycles. The van der Waals surface area contributed by atoms with Crippen LogP contribution in [0.15, 0.2) is 60.8 Å². The van der Waals surface area contributed by atoms with Gasteiger partial charge in [0.1, 0.15) is 5.92 Å². The summed E-state index contributed by atoms with van der Waals surface area (Å²) in [6.07, 6.45) is -3.68. The highest BCUT2D eigenvalue weighted by atomic mass is 19.4. The Morgan fingerprint density at radius 2 is 1.86 bits per heavy atom. The third kappa shape index (κ3) is 4.59. The number of carbonyl (C=O) groups is 2. The van der Waals surface area contributed by atoms with Crippen LogP contribution >= 0.6 is 0 Å². The minimum absolute atomic E-state index is 0.00889. The SMILES string of the molecule is C=C1NC(=O)N[C@H](c2ccc(CC)cc2)[C@H]1C(=O)Nc1cccc(C(F)(F)F)c1. The van der Waals surface area contributed by atoms with Crippen molar-refractivity contribution in [2.75, 3.05) is 5.32 Å². The van der Waals surface area contributed by atoms with Crippen LogP contribution in [-0.2, 0) is 17.4 Å². The molecule has 8 heteroatoms. The molecule has 3 N–H and O–H groups in total. The highest BCUT2D eigenvalue weighted by Gasteiger charge is 2.38. The Bertz CT molecular complexity index is 939. The van der Waals surface area contributed by atoms with E-state index in [1.165, 1.54) is 12.1 Å². The lowest BCUT2D eigenvalue weighted by Gasteiger charge is -2.34. The molecule has 1 aliphatic rings. The molecular formula is C21H20F3N3O2. The lowest BCUT2D eigenvalue weighted by atomic mass is 9.87. The van der Waals surface area contributed by atoms with Crippen molar-refractivity contribution in [1.29, 1.82) is 0 Å². The number of nitrogens with one attached hydrogen (secondary N) is 3. The maximum Gasteiger partial charge on any atom is 0.416 e. The maximum absolute atomic E-state index is 12.9. The average molecular weight is 403 g/mol. The molecule has 0 spiro atoms. The van der Waals surface area contributed by atoms with Gasteiger partial charge in [-0.2, -0.15) is 13.2 Å². The van der Waals surface area contributed by atoms with Crippen LogP contribution in [0.4, 0.5) is 23.7 Å². The summed E-state index contributed by atoms with van der Waals surface area (Å²) in [5.74, 6) is -1.49. The van der Waals surface area contributed by atoms with E-state index in [9.17, 15) is 22.8 Å². The zero-order valence-electron chi connectivity index (χ0n) is 15.6. The van der Waals surface area contributed by atoms with Crippen molar-refractivity contribution in [3.05, 3.63) is 77.5 Å². The highest BCUT2D eigenvalue weighted by Crippen LogP contribution is 2.33. The molecule has 3 rings (SSSR count). The topological polar surface area (TPSA) is 70.2 Å². The molecule has 1 heterocycles. The maximum atomic E-state index is 12.9. The molecule has 152 valence electrons. The molecule has 1 fully saturated rings. The van der Waals surface area contributed by atoms with Gasteiger partial charge in [0.25, 0.3) is 0 Å². The summed E-state index contributed by atoms with van der Waals surface area (Å²) in [6.45, 7) is 5.77. The Labute approximate surface area is 166 Å². The first-order valence-electron chi connectivity index (χ1n) is 9.02. The van der Waals surface area contributed by atoms with Crippen LogP contribution in [0, 0.1) is 5.92 Å². The molecule has 5 nitrogen and oxygen atoms in total. The van der Waals surface area contributed by atoms with E-state index in [0.717, 1.165) is 24.1 Å². The van der Waals surface area contributed by atoms with Crippen LogP contribution in [-0.4, -0.2) is 11.9 Å². The summed E-state index contributed by atoms with van der Waals surface area (Å²) in [4.78, 5) is 24.8. The van der Waals surface area contributed by atoms with E-state index in [0.29, 0.717) is 5.56 Å². The molecule has 0 aromatic heterocycles. The number of carbonyl (C=O) groups excluding carboxylic acids is 2. The molecular weight excluding hydrogens is 383 g/mol. The van der Waals surface area contributed by atoms with Gasteiger partial charge in [-0.1, -0.05) is 43.8 Å². The number of benzene rings is 2. The van der Waals surface area contributed by atoms with Crippen molar-refractivity contribution >= 4 is 17.6 Å². The molecule has 2 atom stereocenters. The van der Waals surface area contributed by atoms with Crippen molar-refractivity contribution in [2.45, 2.75) is 25.6 Å². The molecule has 3 amide bonds. The van der Waals surface area contributed by atoms with Crippen molar-refractivity contribution in [2.24, 2.45) is 5.92 Å². The Hall–Kier alpha value is -3.29. The number of anilines is 1. The molecule has 2 aromatic rings. The quantitative estimate of drug-likeness (QED) is 0.709. The van der Waals surface area contributed by atoms with Gasteiger partial charge < -0.3 is 16.0 Å². The second-order valence-corrected chi connectivity index (χ2v) is 6.74. The van der Waals surface area contributed by atoms with Gasteiger partial charge in [-0.15, -0.1) is 0 Å². The van der Waals surface area contributed by atoms with Crippen molar-refractivity contribution in [1.82, 2.24) is 10.6 Å². The molecule has 1 aliphatic heterocycles. The van der Waals surface area contributed by atoms with Gasteiger partial charge in [-0.25, -0.2) is 4.79 Å². The Morgan fingerprint density at radius 1 is 1.17 bits per heavy atom. The number of rotatable bonds is 4. The molecule has 0 bridgehead atoms. The van der Waals surface area contributed by atoms with E-state index in [4.69, 9.17) is 0 Å².